The van der Waals surface area contributed by atoms with Gasteiger partial charge in [0.05, 0.1) is 13.2 Å². The number of aliphatic hydroxyl groups excluding tert-OH is 2. The van der Waals surface area contributed by atoms with E-state index in [0.717, 1.165) is 62.1 Å². The summed E-state index contributed by atoms with van der Waals surface area (Å²) in [5.74, 6) is -1.05. The Bertz CT molecular complexity index is 1900. The maximum atomic E-state index is 12.8. The van der Waals surface area contributed by atoms with E-state index in [9.17, 15) is 48.3 Å². The molecule has 1 aromatic heterocycles. The minimum absolute atomic E-state index is 0.000887. The van der Waals surface area contributed by atoms with Crippen molar-refractivity contribution in [3.05, 3.63) is 71.4 Å². The number of carbonyl (C=O) groups is 3. The van der Waals surface area contributed by atoms with Crippen LogP contribution in [0.5, 0.6) is 0 Å². The third kappa shape index (κ3) is 28.2. The van der Waals surface area contributed by atoms with Gasteiger partial charge in [-0.1, -0.05) is 134 Å². The Labute approximate surface area is 401 Å². The first-order valence-corrected chi connectivity index (χ1v) is 27.0. The average Bonchev–Trinajstić information content (AvgIpc) is 3.55. The van der Waals surface area contributed by atoms with Gasteiger partial charge < -0.3 is 39.9 Å². The van der Waals surface area contributed by atoms with Crippen LogP contribution in [0.4, 0.5) is 5.82 Å². The number of phosphoric ester groups is 2. The maximum Gasteiger partial charge on any atom is 0.481 e. The molecule has 1 saturated heterocycles. The first-order valence-electron chi connectivity index (χ1n) is 24.0. The van der Waals surface area contributed by atoms with Crippen molar-refractivity contribution in [2.75, 3.05) is 25.6 Å². The van der Waals surface area contributed by atoms with Crippen LogP contribution in [-0.2, 0) is 51.1 Å². The van der Waals surface area contributed by atoms with E-state index in [-0.39, 0.29) is 37.3 Å². The number of ether oxygens (including phenoxy) is 3. The van der Waals surface area contributed by atoms with E-state index in [0.29, 0.717) is 12.3 Å². The molecule has 0 aliphatic carbocycles. The molecule has 19 nitrogen and oxygen atoms in total. The molecular weight excluding hydrogens is 924 g/mol. The summed E-state index contributed by atoms with van der Waals surface area (Å²) in [5.41, 5.74) is 4.56. The fraction of sp³-hybridized carbons (Fsp3) is 0.681. The Morgan fingerprint density at radius 2 is 1.43 bits per heavy atom. The second kappa shape index (κ2) is 34.6. The average molecular weight is 1000 g/mol. The lowest BCUT2D eigenvalue weighted by Crippen LogP contribution is -2.36. The number of hydrogen-bond donors (Lipinski definition) is 5. The van der Waals surface area contributed by atoms with Crippen LogP contribution >= 0.6 is 15.6 Å². The van der Waals surface area contributed by atoms with Crippen molar-refractivity contribution < 1.29 is 71.1 Å². The van der Waals surface area contributed by atoms with Crippen molar-refractivity contribution >= 4 is 39.2 Å². The number of anilines is 1. The molecule has 0 saturated carbocycles. The van der Waals surface area contributed by atoms with Crippen LogP contribution in [0.1, 0.15) is 155 Å². The largest absolute Gasteiger partial charge is 0.481 e. The lowest BCUT2D eigenvalue weighted by atomic mass is 10.0. The van der Waals surface area contributed by atoms with Gasteiger partial charge in [0.2, 0.25) is 0 Å². The van der Waals surface area contributed by atoms with Crippen LogP contribution in [0.25, 0.3) is 0 Å². The monoisotopic (exact) mass is 1000 g/mol. The molecule has 6 N–H and O–H groups in total. The van der Waals surface area contributed by atoms with E-state index >= 15 is 0 Å². The highest BCUT2D eigenvalue weighted by atomic mass is 31.3. The molecule has 1 aromatic rings. The smallest absolute Gasteiger partial charge is 0.462 e. The van der Waals surface area contributed by atoms with E-state index in [2.05, 4.69) is 48.3 Å². The van der Waals surface area contributed by atoms with Gasteiger partial charge in [-0.3, -0.25) is 28.0 Å². The summed E-state index contributed by atoms with van der Waals surface area (Å²) in [7, 11) is -10.9. The number of rotatable bonds is 38. The summed E-state index contributed by atoms with van der Waals surface area (Å²) in [6.07, 6.45) is 25.2. The molecule has 1 aliphatic rings. The third-order valence-electron chi connectivity index (χ3n) is 10.6. The van der Waals surface area contributed by atoms with Crippen molar-refractivity contribution in [1.29, 1.82) is 0 Å². The number of allylic oxidation sites excluding steroid dienone is 8. The second-order valence-electron chi connectivity index (χ2n) is 17.1. The Kier molecular flexibility index (Phi) is 30.8. The fourth-order valence-electron chi connectivity index (χ4n) is 6.80. The maximum absolute atomic E-state index is 12.8. The van der Waals surface area contributed by atoms with Gasteiger partial charge in [-0.15, -0.1) is 0 Å². The van der Waals surface area contributed by atoms with Crippen LogP contribution < -0.4 is 11.4 Å². The van der Waals surface area contributed by atoms with Crippen molar-refractivity contribution in [1.82, 2.24) is 9.55 Å². The molecule has 0 amide bonds. The molecule has 1 aliphatic heterocycles. The number of unbranched alkanes of at least 4 members (excludes halogenated alkanes) is 11. The summed E-state index contributed by atoms with van der Waals surface area (Å²) in [5, 5.41) is 20.9. The summed E-state index contributed by atoms with van der Waals surface area (Å²) in [4.78, 5) is 74.0. The number of phosphoric acid groups is 2. The van der Waals surface area contributed by atoms with Gasteiger partial charge in [0.1, 0.15) is 30.7 Å². The summed E-state index contributed by atoms with van der Waals surface area (Å²) >= 11 is 0. The highest BCUT2D eigenvalue weighted by Gasteiger charge is 2.46. The van der Waals surface area contributed by atoms with Gasteiger partial charge >= 0.3 is 33.3 Å². The summed E-state index contributed by atoms with van der Waals surface area (Å²) in [6, 6.07) is 1.23. The van der Waals surface area contributed by atoms with Gasteiger partial charge in [-0.2, -0.15) is 9.29 Å². The van der Waals surface area contributed by atoms with Crippen LogP contribution in [0.3, 0.4) is 0 Å². The molecule has 0 bridgehead atoms. The molecule has 2 heterocycles. The van der Waals surface area contributed by atoms with Crippen molar-refractivity contribution in [2.24, 2.45) is 5.92 Å². The van der Waals surface area contributed by atoms with Gasteiger partial charge in [-0.05, 0) is 56.6 Å². The molecular formula is C47H77N3O16P2. The Balaban J connectivity index is 1.87. The summed E-state index contributed by atoms with van der Waals surface area (Å²) < 4.78 is 56.4. The standard InChI is InChI=1S/C47H77N3O16P2/c1-4-5-6-7-8-9-10-11-12-15-18-21-24-28-38(51)29-26-31-42(52)61-34-39(64-43(53)30-25-22-19-16-13-14-17-20-23-27-37(2)3)35-62-67(57,58)66-68(59,60)63-36-40-44(54)45(55)46(65-40)50-33-32-41(48)49-47(50)56/h8-9,11-12,18,21,24,28,32-33,37,39-40,44-46,54-55H,4-7,10,13-17,19-20,22-23,25-27,29-31,34-36H2,1-3H3,(H,57,58)(H,59,60)(H2,48,49,56)/b9-8-,12-11-,21-18-,28-24+/t39-,40-,44-,45-,46-/m1/s1. The molecule has 0 radical (unpaired) electrons. The zero-order valence-electron chi connectivity index (χ0n) is 40.1. The Morgan fingerprint density at radius 3 is 2.10 bits per heavy atom. The number of aromatic nitrogens is 2. The van der Waals surface area contributed by atoms with Crippen LogP contribution in [0.2, 0.25) is 0 Å². The van der Waals surface area contributed by atoms with Crippen molar-refractivity contribution in [3.63, 3.8) is 0 Å². The molecule has 68 heavy (non-hydrogen) atoms. The molecule has 0 aromatic carbocycles. The number of carbonyl (C=O) groups excluding carboxylic acids is 3. The number of hydrogen-bond acceptors (Lipinski definition) is 16. The first-order chi connectivity index (χ1) is 32.4. The van der Waals surface area contributed by atoms with Crippen LogP contribution in [0.15, 0.2) is 65.7 Å². The molecule has 21 heteroatoms. The molecule has 386 valence electrons. The van der Waals surface area contributed by atoms with Crippen molar-refractivity contribution in [2.45, 2.75) is 180 Å². The van der Waals surface area contributed by atoms with E-state index in [1.807, 2.05) is 12.2 Å². The highest BCUT2D eigenvalue weighted by molar-refractivity contribution is 7.61. The minimum Gasteiger partial charge on any atom is -0.462 e. The number of nitrogen functional groups attached to an aromatic ring is 1. The number of esters is 2. The predicted molar refractivity (Wildman–Crippen MR) is 257 cm³/mol. The van der Waals surface area contributed by atoms with Gasteiger partial charge in [0.25, 0.3) is 0 Å². The Morgan fingerprint density at radius 1 is 0.794 bits per heavy atom. The quantitative estimate of drug-likeness (QED) is 0.0104. The van der Waals surface area contributed by atoms with Gasteiger partial charge in [0.15, 0.2) is 18.1 Å². The third-order valence-corrected chi connectivity index (χ3v) is 13.2. The lowest BCUT2D eigenvalue weighted by Gasteiger charge is -2.21. The molecule has 2 unspecified atom stereocenters. The van der Waals surface area contributed by atoms with Crippen LogP contribution in [-0.4, -0.2) is 91.5 Å². The van der Waals surface area contributed by atoms with E-state index in [1.165, 1.54) is 57.1 Å². The SMILES string of the molecule is CCCCC/C=C\C/C=C\C/C=C\C=C\C(=O)CCCC(=O)OC[C@H](COP(=O)(O)OP(=O)(O)OC[C@H]1O[C@@H](n2ccc(N)nc2=O)[C@H](O)[C@@H]1O)OC(=O)CCCCCCCCCCCC(C)C. The zero-order chi connectivity index (χ0) is 50.2. The molecule has 1 fully saturated rings. The fourth-order valence-corrected chi connectivity index (χ4v) is 8.91. The van der Waals surface area contributed by atoms with Crippen molar-refractivity contribution in [3.8, 4) is 0 Å². The number of ketones is 1. The predicted octanol–water partition coefficient (Wildman–Crippen LogP) is 8.42. The topological polar surface area (TPSA) is 283 Å². The number of aliphatic hydroxyl groups is 2. The van der Waals surface area contributed by atoms with E-state index < -0.39 is 83.7 Å². The van der Waals surface area contributed by atoms with Gasteiger partial charge in [-0.25, -0.2) is 13.9 Å². The second-order valence-corrected chi connectivity index (χ2v) is 20.2. The lowest BCUT2D eigenvalue weighted by molar-refractivity contribution is -0.161. The normalized spacial score (nSPS) is 19.9. The van der Waals surface area contributed by atoms with Gasteiger partial charge in [0, 0.05) is 25.5 Å². The molecule has 7 atom stereocenters. The minimum atomic E-state index is -5.47. The number of nitrogens with two attached hydrogens (primary N) is 1. The van der Waals surface area contributed by atoms with E-state index in [1.54, 1.807) is 12.2 Å². The Hall–Kier alpha value is -3.61. The zero-order valence-corrected chi connectivity index (χ0v) is 41.8. The highest BCUT2D eigenvalue weighted by Crippen LogP contribution is 2.60. The van der Waals surface area contributed by atoms with E-state index in [4.69, 9.17) is 29.0 Å². The molecule has 2 rings (SSSR count). The number of nitrogens with zero attached hydrogens (tertiary/aromatic N) is 2. The van der Waals surface area contributed by atoms with Crippen LogP contribution in [0, 0.1) is 5.92 Å². The molecule has 0 spiro atoms. The first kappa shape index (κ1) is 60.5. The summed E-state index contributed by atoms with van der Waals surface area (Å²) in [6.45, 7) is 4.12.